The quantitative estimate of drug-likeness (QED) is 0.808. The van der Waals surface area contributed by atoms with Crippen LogP contribution in [0.15, 0.2) is 4.99 Å². The maximum atomic E-state index is 4.72. The second kappa shape index (κ2) is 5.00. The summed E-state index contributed by atoms with van der Waals surface area (Å²) in [7, 11) is 0. The number of nitrogens with zero attached hydrogens (tertiary/aromatic N) is 1. The van der Waals surface area contributed by atoms with Gasteiger partial charge in [0.1, 0.15) is 0 Å². The maximum Gasteiger partial charge on any atom is 0.156 e. The van der Waals surface area contributed by atoms with E-state index in [0.29, 0.717) is 0 Å². The number of hydrogen-bond acceptors (Lipinski definition) is 3. The van der Waals surface area contributed by atoms with Crippen LogP contribution in [-0.4, -0.2) is 34.5 Å². The Morgan fingerprint density at radius 1 is 1.47 bits per heavy atom. The van der Waals surface area contributed by atoms with Crippen LogP contribution in [0.5, 0.6) is 0 Å². The molecule has 1 atom stereocenters. The molecule has 0 amide bonds. The number of amidine groups is 1. The van der Waals surface area contributed by atoms with Gasteiger partial charge in [-0.1, -0.05) is 11.8 Å². The lowest BCUT2D eigenvalue weighted by Gasteiger charge is -2.32. The van der Waals surface area contributed by atoms with Crippen molar-refractivity contribution >= 4 is 28.7 Å². The van der Waals surface area contributed by atoms with Crippen molar-refractivity contribution in [2.75, 3.05) is 23.8 Å². The highest BCUT2D eigenvalue weighted by atomic mass is 32.2. The molecule has 0 aliphatic carbocycles. The zero-order valence-corrected chi connectivity index (χ0v) is 11.2. The highest BCUT2D eigenvalue weighted by molar-refractivity contribution is 8.13. The van der Waals surface area contributed by atoms with Gasteiger partial charge in [0.15, 0.2) is 5.17 Å². The zero-order chi connectivity index (χ0) is 10.7. The summed E-state index contributed by atoms with van der Waals surface area (Å²) in [5, 5.41) is 4.69. The third kappa shape index (κ3) is 3.59. The van der Waals surface area contributed by atoms with Crippen LogP contribution >= 0.6 is 23.5 Å². The van der Waals surface area contributed by atoms with Crippen LogP contribution < -0.4 is 5.32 Å². The van der Waals surface area contributed by atoms with Crippen molar-refractivity contribution < 1.29 is 0 Å². The lowest BCUT2D eigenvalue weighted by atomic mass is 10.0. The van der Waals surface area contributed by atoms with E-state index in [-0.39, 0.29) is 5.54 Å². The van der Waals surface area contributed by atoms with E-state index in [1.165, 1.54) is 35.3 Å². The number of hydrogen-bond donors (Lipinski definition) is 1. The fourth-order valence-corrected chi connectivity index (χ4v) is 4.41. The molecule has 2 fully saturated rings. The van der Waals surface area contributed by atoms with E-state index in [4.69, 9.17) is 4.99 Å². The predicted molar refractivity (Wildman–Crippen MR) is 72.0 cm³/mol. The molecule has 4 heteroatoms. The van der Waals surface area contributed by atoms with Gasteiger partial charge >= 0.3 is 0 Å². The molecule has 2 aliphatic heterocycles. The summed E-state index contributed by atoms with van der Waals surface area (Å²) in [6.07, 6.45) is 2.59. The topological polar surface area (TPSA) is 24.4 Å². The van der Waals surface area contributed by atoms with Crippen LogP contribution in [0.4, 0.5) is 0 Å². The average Bonchev–Trinajstić information content (AvgIpc) is 2.65. The Balaban J connectivity index is 1.83. The fraction of sp³-hybridized carbons (Fsp3) is 0.909. The summed E-state index contributed by atoms with van der Waals surface area (Å²) in [5.74, 6) is 4.68. The minimum Gasteiger partial charge on any atom is -0.360 e. The number of thioether (sulfide) groups is 2. The van der Waals surface area contributed by atoms with Crippen LogP contribution in [0.3, 0.4) is 0 Å². The summed E-state index contributed by atoms with van der Waals surface area (Å²) in [4.78, 5) is 4.72. The van der Waals surface area contributed by atoms with Gasteiger partial charge in [0.05, 0.1) is 0 Å². The Hall–Kier alpha value is 0.170. The zero-order valence-electron chi connectivity index (χ0n) is 9.58. The summed E-state index contributed by atoms with van der Waals surface area (Å²) in [6, 6.07) is 0. The Morgan fingerprint density at radius 2 is 2.33 bits per heavy atom. The molecular formula is C11H20N2S2. The van der Waals surface area contributed by atoms with Crippen molar-refractivity contribution in [2.45, 2.75) is 32.2 Å². The molecule has 2 rings (SSSR count). The molecule has 0 spiro atoms. The third-order valence-electron chi connectivity index (χ3n) is 2.93. The van der Waals surface area contributed by atoms with Gasteiger partial charge in [-0.3, -0.25) is 4.99 Å². The van der Waals surface area contributed by atoms with Gasteiger partial charge < -0.3 is 5.32 Å². The Morgan fingerprint density at radius 3 is 3.00 bits per heavy atom. The van der Waals surface area contributed by atoms with Crippen LogP contribution in [0.2, 0.25) is 0 Å². The van der Waals surface area contributed by atoms with Crippen LogP contribution in [-0.2, 0) is 0 Å². The van der Waals surface area contributed by atoms with E-state index in [2.05, 4.69) is 30.9 Å². The first kappa shape index (κ1) is 11.6. The fourth-order valence-electron chi connectivity index (χ4n) is 1.82. The van der Waals surface area contributed by atoms with Crippen LogP contribution in [0.1, 0.15) is 26.7 Å². The van der Waals surface area contributed by atoms with E-state index in [1.54, 1.807) is 0 Å². The van der Waals surface area contributed by atoms with Gasteiger partial charge in [0, 0.05) is 17.8 Å². The molecule has 2 nitrogen and oxygen atoms in total. The minimum absolute atomic E-state index is 0.245. The Bertz CT molecular complexity index is 245. The van der Waals surface area contributed by atoms with E-state index in [0.717, 1.165) is 12.5 Å². The van der Waals surface area contributed by atoms with Gasteiger partial charge in [-0.2, -0.15) is 11.8 Å². The van der Waals surface area contributed by atoms with Crippen molar-refractivity contribution in [1.29, 1.82) is 0 Å². The van der Waals surface area contributed by atoms with Gasteiger partial charge in [-0.25, -0.2) is 0 Å². The standard InChI is InChI=1S/C11H20N2S2/c1-11(2)4-6-15-10(13-11)12-7-9-3-5-14-8-9/h9H,3-8H2,1-2H3,(H,12,13). The maximum absolute atomic E-state index is 4.72. The van der Waals surface area contributed by atoms with Crippen molar-refractivity contribution in [2.24, 2.45) is 10.9 Å². The van der Waals surface area contributed by atoms with Gasteiger partial charge in [-0.15, -0.1) is 0 Å². The molecule has 86 valence electrons. The molecule has 2 heterocycles. The smallest absolute Gasteiger partial charge is 0.156 e. The number of rotatable bonds is 2. The summed E-state index contributed by atoms with van der Waals surface area (Å²) < 4.78 is 0. The molecule has 0 radical (unpaired) electrons. The molecule has 0 aromatic carbocycles. The van der Waals surface area contributed by atoms with E-state index in [9.17, 15) is 0 Å². The first-order chi connectivity index (χ1) is 7.16. The normalized spacial score (nSPS) is 32.9. The van der Waals surface area contributed by atoms with Gasteiger partial charge in [0.25, 0.3) is 0 Å². The van der Waals surface area contributed by atoms with Gasteiger partial charge in [-0.05, 0) is 44.1 Å². The molecule has 0 aromatic rings. The largest absolute Gasteiger partial charge is 0.360 e. The molecule has 15 heavy (non-hydrogen) atoms. The molecule has 1 N–H and O–H groups in total. The van der Waals surface area contributed by atoms with Crippen LogP contribution in [0.25, 0.3) is 0 Å². The lowest BCUT2D eigenvalue weighted by molar-refractivity contribution is 0.445. The van der Waals surface area contributed by atoms with Crippen molar-refractivity contribution in [1.82, 2.24) is 5.32 Å². The molecule has 0 saturated carbocycles. The molecular weight excluding hydrogens is 224 g/mol. The monoisotopic (exact) mass is 244 g/mol. The minimum atomic E-state index is 0.245. The van der Waals surface area contributed by atoms with E-state index >= 15 is 0 Å². The highest BCUT2D eigenvalue weighted by Crippen LogP contribution is 2.25. The van der Waals surface area contributed by atoms with E-state index in [1.807, 2.05) is 11.8 Å². The van der Waals surface area contributed by atoms with Gasteiger partial charge in [0.2, 0.25) is 0 Å². The Labute approximate surface area is 101 Å². The third-order valence-corrected chi connectivity index (χ3v) is 5.07. The Kier molecular flexibility index (Phi) is 3.88. The average molecular weight is 244 g/mol. The second-order valence-corrected chi connectivity index (χ2v) is 7.22. The SMILES string of the molecule is CC1(C)CCSC(=NCC2CCSC2)N1. The first-order valence-corrected chi connectivity index (χ1v) is 7.83. The molecule has 0 aromatic heterocycles. The van der Waals surface area contributed by atoms with Crippen molar-refractivity contribution in [3.05, 3.63) is 0 Å². The number of aliphatic imine (C=N–C) groups is 1. The van der Waals surface area contributed by atoms with Crippen molar-refractivity contribution in [3.63, 3.8) is 0 Å². The van der Waals surface area contributed by atoms with E-state index < -0.39 is 0 Å². The molecule has 2 saturated heterocycles. The highest BCUT2D eigenvalue weighted by Gasteiger charge is 2.24. The first-order valence-electron chi connectivity index (χ1n) is 5.69. The second-order valence-electron chi connectivity index (χ2n) is 4.98. The lowest BCUT2D eigenvalue weighted by Crippen LogP contribution is -2.46. The molecule has 1 unspecified atom stereocenters. The predicted octanol–water partition coefficient (Wildman–Crippen LogP) is 2.60. The summed E-state index contributed by atoms with van der Waals surface area (Å²) >= 11 is 3.95. The molecule has 2 aliphatic rings. The molecule has 0 bridgehead atoms. The number of nitrogens with one attached hydrogen (secondary N) is 1. The van der Waals surface area contributed by atoms with Crippen molar-refractivity contribution in [3.8, 4) is 0 Å². The van der Waals surface area contributed by atoms with Crippen LogP contribution in [0, 0.1) is 5.92 Å². The summed E-state index contributed by atoms with van der Waals surface area (Å²) in [5.41, 5.74) is 0.245. The summed E-state index contributed by atoms with van der Waals surface area (Å²) in [6.45, 7) is 5.54.